The molecule has 0 aliphatic carbocycles. The lowest BCUT2D eigenvalue weighted by Crippen LogP contribution is -2.13. The SMILES string of the molecule is Nc1cc(C(=O)Nc2c(Br)cc(Br)cc2Br)ccc1Br. The first-order chi connectivity index (χ1) is 9.38. The van der Waals surface area contributed by atoms with Gasteiger partial charge in [0.15, 0.2) is 0 Å². The highest BCUT2D eigenvalue weighted by molar-refractivity contribution is 9.11. The second-order valence-electron chi connectivity index (χ2n) is 3.93. The van der Waals surface area contributed by atoms with Crippen molar-refractivity contribution in [2.24, 2.45) is 0 Å². The van der Waals surface area contributed by atoms with Gasteiger partial charge in [0.2, 0.25) is 0 Å². The monoisotopic (exact) mass is 524 g/mol. The summed E-state index contributed by atoms with van der Waals surface area (Å²) in [6.45, 7) is 0. The Labute approximate surface area is 149 Å². The molecule has 0 unspecified atom stereocenters. The summed E-state index contributed by atoms with van der Waals surface area (Å²) >= 11 is 13.5. The number of carbonyl (C=O) groups excluding carboxylic acids is 1. The predicted molar refractivity (Wildman–Crippen MR) is 96.0 cm³/mol. The third kappa shape index (κ3) is 3.63. The fourth-order valence-corrected chi connectivity index (χ4v) is 4.24. The number of benzene rings is 2. The predicted octanol–water partition coefficient (Wildman–Crippen LogP) is 5.57. The van der Waals surface area contributed by atoms with Crippen LogP contribution in [-0.4, -0.2) is 5.91 Å². The summed E-state index contributed by atoms with van der Waals surface area (Å²) < 4.78 is 3.22. The van der Waals surface area contributed by atoms with Crippen LogP contribution in [0.15, 0.2) is 48.2 Å². The topological polar surface area (TPSA) is 55.1 Å². The lowest BCUT2D eigenvalue weighted by Gasteiger charge is -2.11. The van der Waals surface area contributed by atoms with E-state index in [1.165, 1.54) is 0 Å². The summed E-state index contributed by atoms with van der Waals surface area (Å²) in [6.07, 6.45) is 0. The van der Waals surface area contributed by atoms with Gasteiger partial charge >= 0.3 is 0 Å². The number of hydrogen-bond acceptors (Lipinski definition) is 2. The molecule has 2 aromatic rings. The summed E-state index contributed by atoms with van der Waals surface area (Å²) in [6, 6.07) is 8.79. The second-order valence-corrected chi connectivity index (χ2v) is 7.41. The number of amides is 1. The summed E-state index contributed by atoms with van der Waals surface area (Å²) in [5.41, 5.74) is 7.46. The molecule has 3 nitrogen and oxygen atoms in total. The first-order valence-electron chi connectivity index (χ1n) is 5.39. The number of rotatable bonds is 2. The van der Waals surface area contributed by atoms with Crippen molar-refractivity contribution >= 4 is 81.0 Å². The van der Waals surface area contributed by atoms with E-state index < -0.39 is 0 Å². The molecule has 3 N–H and O–H groups in total. The third-order valence-electron chi connectivity index (χ3n) is 2.50. The Morgan fingerprint density at radius 1 is 0.950 bits per heavy atom. The van der Waals surface area contributed by atoms with Crippen molar-refractivity contribution in [3.8, 4) is 0 Å². The molecule has 2 aromatic carbocycles. The van der Waals surface area contributed by atoms with Gasteiger partial charge in [-0.05, 0) is 78.1 Å². The van der Waals surface area contributed by atoms with E-state index in [9.17, 15) is 4.79 Å². The minimum Gasteiger partial charge on any atom is -0.398 e. The van der Waals surface area contributed by atoms with Crippen LogP contribution in [0.25, 0.3) is 0 Å². The van der Waals surface area contributed by atoms with Crippen LogP contribution in [0.1, 0.15) is 10.4 Å². The van der Waals surface area contributed by atoms with Gasteiger partial charge in [0.25, 0.3) is 5.91 Å². The molecule has 0 radical (unpaired) electrons. The van der Waals surface area contributed by atoms with Crippen LogP contribution in [0.2, 0.25) is 0 Å². The smallest absolute Gasteiger partial charge is 0.255 e. The molecular formula is C13H8Br4N2O. The fraction of sp³-hybridized carbons (Fsp3) is 0. The molecule has 104 valence electrons. The van der Waals surface area contributed by atoms with Gasteiger partial charge in [0, 0.05) is 29.1 Å². The molecule has 0 spiro atoms. The Kier molecular flexibility index (Phi) is 5.28. The van der Waals surface area contributed by atoms with E-state index in [2.05, 4.69) is 69.0 Å². The Morgan fingerprint density at radius 2 is 1.55 bits per heavy atom. The van der Waals surface area contributed by atoms with Gasteiger partial charge in [-0.3, -0.25) is 4.79 Å². The van der Waals surface area contributed by atoms with Crippen LogP contribution in [0.5, 0.6) is 0 Å². The second kappa shape index (κ2) is 6.60. The maximum atomic E-state index is 12.2. The van der Waals surface area contributed by atoms with Crippen molar-refractivity contribution in [2.45, 2.75) is 0 Å². The highest BCUT2D eigenvalue weighted by atomic mass is 79.9. The molecule has 0 saturated heterocycles. The zero-order valence-electron chi connectivity index (χ0n) is 9.88. The summed E-state index contributed by atoms with van der Waals surface area (Å²) in [5, 5.41) is 2.84. The van der Waals surface area contributed by atoms with Crippen molar-refractivity contribution in [1.82, 2.24) is 0 Å². The summed E-state index contributed by atoms with van der Waals surface area (Å²) in [7, 11) is 0. The molecule has 0 aromatic heterocycles. The van der Waals surface area contributed by atoms with Gasteiger partial charge in [-0.2, -0.15) is 0 Å². The summed E-state index contributed by atoms with van der Waals surface area (Å²) in [5.74, 6) is -0.229. The molecule has 0 atom stereocenters. The molecule has 2 rings (SSSR count). The average Bonchev–Trinajstić information content (AvgIpc) is 2.36. The zero-order valence-corrected chi connectivity index (χ0v) is 16.2. The zero-order chi connectivity index (χ0) is 14.9. The molecule has 0 saturated carbocycles. The minimum atomic E-state index is -0.229. The van der Waals surface area contributed by atoms with Crippen LogP contribution in [0.3, 0.4) is 0 Å². The van der Waals surface area contributed by atoms with Gasteiger partial charge in [-0.1, -0.05) is 15.9 Å². The number of carbonyl (C=O) groups is 1. The molecule has 0 fully saturated rings. The number of nitrogens with two attached hydrogens (primary N) is 1. The van der Waals surface area contributed by atoms with Gasteiger partial charge in [-0.15, -0.1) is 0 Å². The van der Waals surface area contributed by atoms with E-state index in [1.54, 1.807) is 18.2 Å². The summed E-state index contributed by atoms with van der Waals surface area (Å²) in [4.78, 5) is 12.2. The van der Waals surface area contributed by atoms with Crippen molar-refractivity contribution in [2.75, 3.05) is 11.1 Å². The van der Waals surface area contributed by atoms with Crippen LogP contribution in [-0.2, 0) is 0 Å². The molecule has 7 heteroatoms. The van der Waals surface area contributed by atoms with Crippen LogP contribution in [0, 0.1) is 0 Å². The highest BCUT2D eigenvalue weighted by Gasteiger charge is 2.13. The third-order valence-corrected chi connectivity index (χ3v) is 4.93. The van der Waals surface area contributed by atoms with E-state index in [0.29, 0.717) is 16.9 Å². The normalized spacial score (nSPS) is 10.4. The van der Waals surface area contributed by atoms with E-state index in [0.717, 1.165) is 17.9 Å². The van der Waals surface area contributed by atoms with Gasteiger partial charge in [-0.25, -0.2) is 0 Å². The van der Waals surface area contributed by atoms with Gasteiger partial charge < -0.3 is 11.1 Å². The number of nitrogens with one attached hydrogen (secondary N) is 1. The number of nitrogen functional groups attached to an aromatic ring is 1. The van der Waals surface area contributed by atoms with E-state index in [1.807, 2.05) is 12.1 Å². The van der Waals surface area contributed by atoms with Crippen molar-refractivity contribution < 1.29 is 4.79 Å². The standard InChI is InChI=1S/C13H8Br4N2O/c14-7-4-9(16)12(10(17)5-7)19-13(20)6-1-2-8(15)11(18)3-6/h1-5H,18H2,(H,19,20). The number of halogens is 4. The van der Waals surface area contributed by atoms with Crippen LogP contribution < -0.4 is 11.1 Å². The van der Waals surface area contributed by atoms with Gasteiger partial charge in [0.1, 0.15) is 0 Å². The Bertz CT molecular complexity index is 665. The Morgan fingerprint density at radius 3 is 2.10 bits per heavy atom. The maximum Gasteiger partial charge on any atom is 0.255 e. The molecular weight excluding hydrogens is 520 g/mol. The highest BCUT2D eigenvalue weighted by Crippen LogP contribution is 2.34. The fourth-order valence-electron chi connectivity index (χ4n) is 1.53. The number of anilines is 2. The Hall–Kier alpha value is -0.370. The molecule has 0 bridgehead atoms. The van der Waals surface area contributed by atoms with Crippen LogP contribution >= 0.6 is 63.7 Å². The minimum absolute atomic E-state index is 0.229. The molecule has 0 heterocycles. The first kappa shape index (κ1) is 16.0. The largest absolute Gasteiger partial charge is 0.398 e. The quantitative estimate of drug-likeness (QED) is 0.502. The molecule has 0 aliphatic heterocycles. The average molecular weight is 528 g/mol. The molecule has 0 aliphatic rings. The lowest BCUT2D eigenvalue weighted by atomic mass is 10.2. The lowest BCUT2D eigenvalue weighted by molar-refractivity contribution is 0.102. The van der Waals surface area contributed by atoms with Gasteiger partial charge in [0.05, 0.1) is 5.69 Å². The van der Waals surface area contributed by atoms with Crippen molar-refractivity contribution in [1.29, 1.82) is 0 Å². The Balaban J connectivity index is 2.30. The van der Waals surface area contributed by atoms with Crippen molar-refractivity contribution in [3.05, 3.63) is 53.8 Å². The maximum absolute atomic E-state index is 12.2. The number of hydrogen-bond donors (Lipinski definition) is 2. The molecule has 20 heavy (non-hydrogen) atoms. The van der Waals surface area contributed by atoms with E-state index >= 15 is 0 Å². The van der Waals surface area contributed by atoms with Crippen molar-refractivity contribution in [3.63, 3.8) is 0 Å². The van der Waals surface area contributed by atoms with E-state index in [-0.39, 0.29) is 5.91 Å². The first-order valence-corrected chi connectivity index (χ1v) is 8.56. The van der Waals surface area contributed by atoms with Crippen LogP contribution in [0.4, 0.5) is 11.4 Å². The molecule has 1 amide bonds. The van der Waals surface area contributed by atoms with E-state index in [4.69, 9.17) is 5.73 Å².